The van der Waals surface area contributed by atoms with E-state index in [1.54, 1.807) is 12.3 Å². The van der Waals surface area contributed by atoms with Crippen molar-refractivity contribution in [1.82, 2.24) is 14.9 Å². The highest BCUT2D eigenvalue weighted by Crippen LogP contribution is 2.45. The Hall–Kier alpha value is -2.13. The van der Waals surface area contributed by atoms with Crippen LogP contribution < -0.4 is 10.2 Å². The van der Waals surface area contributed by atoms with E-state index >= 15 is 0 Å². The van der Waals surface area contributed by atoms with Gasteiger partial charge in [-0.1, -0.05) is 36.2 Å². The van der Waals surface area contributed by atoms with Crippen LogP contribution in [-0.2, 0) is 4.79 Å². The number of halogens is 2. The first kappa shape index (κ1) is 28.4. The Morgan fingerprint density at radius 2 is 1.95 bits per heavy atom. The lowest BCUT2D eigenvalue weighted by Crippen LogP contribution is -2.58. The molecule has 0 spiro atoms. The van der Waals surface area contributed by atoms with Gasteiger partial charge in [-0.25, -0.2) is 4.98 Å². The Kier molecular flexibility index (Phi) is 8.30. The molecule has 1 unspecified atom stereocenters. The summed E-state index contributed by atoms with van der Waals surface area (Å²) in [7, 11) is 0. The first-order chi connectivity index (χ1) is 18.6. The molecule has 8 nitrogen and oxygen atoms in total. The van der Waals surface area contributed by atoms with Gasteiger partial charge < -0.3 is 25.3 Å². The van der Waals surface area contributed by atoms with E-state index in [0.717, 1.165) is 44.6 Å². The maximum atomic E-state index is 11.5. The predicted octanol–water partition coefficient (Wildman–Crippen LogP) is 5.80. The summed E-state index contributed by atoms with van der Waals surface area (Å²) in [5.74, 6) is 1.80. The quantitative estimate of drug-likeness (QED) is 0.344. The average molecular weight is 577 g/mol. The predicted molar refractivity (Wildman–Crippen MR) is 155 cm³/mol. The largest absolute Gasteiger partial charge is 0.481 e. The van der Waals surface area contributed by atoms with Gasteiger partial charge in [-0.3, -0.25) is 4.79 Å². The molecule has 1 aliphatic carbocycles. The second-order valence-electron chi connectivity index (χ2n) is 11.9. The number of aliphatic hydroxyl groups is 1. The highest BCUT2D eigenvalue weighted by molar-refractivity contribution is 6.35. The molecule has 2 aromatic rings. The van der Waals surface area contributed by atoms with E-state index < -0.39 is 17.5 Å². The maximum absolute atomic E-state index is 11.5. The number of carboxylic acids is 1. The average Bonchev–Trinajstić information content (AvgIpc) is 2.85. The molecule has 2 aliphatic heterocycles. The molecule has 5 rings (SSSR count). The number of hydrogen-bond acceptors (Lipinski definition) is 7. The lowest BCUT2D eigenvalue weighted by Gasteiger charge is -2.52. The van der Waals surface area contributed by atoms with E-state index in [4.69, 9.17) is 28.2 Å². The lowest BCUT2D eigenvalue weighted by molar-refractivity contribution is -0.158. The molecule has 2 saturated heterocycles. The molecule has 1 saturated carbocycles. The summed E-state index contributed by atoms with van der Waals surface area (Å²) >= 11 is 12.5. The highest BCUT2D eigenvalue weighted by Gasteiger charge is 2.49. The van der Waals surface area contributed by atoms with Crippen molar-refractivity contribution in [3.05, 3.63) is 45.6 Å². The first-order valence-corrected chi connectivity index (χ1v) is 14.8. The summed E-state index contributed by atoms with van der Waals surface area (Å²) in [6, 6.07) is 5.70. The van der Waals surface area contributed by atoms with Crippen LogP contribution in [0.4, 0.5) is 11.8 Å². The molecule has 0 amide bonds. The van der Waals surface area contributed by atoms with Gasteiger partial charge in [0.2, 0.25) is 5.95 Å². The molecule has 1 aromatic carbocycles. The second-order valence-corrected chi connectivity index (χ2v) is 12.8. The normalized spacial score (nSPS) is 27.4. The van der Waals surface area contributed by atoms with E-state index in [9.17, 15) is 15.0 Å². The number of nitrogens with zero attached hydrogens (tertiary/aromatic N) is 4. The number of carbonyl (C=O) groups is 1. The Balaban J connectivity index is 1.23. The van der Waals surface area contributed by atoms with Crippen molar-refractivity contribution >= 4 is 40.9 Å². The van der Waals surface area contributed by atoms with Gasteiger partial charge >= 0.3 is 5.97 Å². The van der Waals surface area contributed by atoms with Crippen LogP contribution in [0, 0.1) is 17.3 Å². The first-order valence-electron chi connectivity index (χ1n) is 14.1. The summed E-state index contributed by atoms with van der Waals surface area (Å²) in [6.45, 7) is 9.74. The topological polar surface area (TPSA) is 102 Å². The summed E-state index contributed by atoms with van der Waals surface area (Å²) in [5, 5.41) is 24.7. The van der Waals surface area contributed by atoms with Gasteiger partial charge in [0.25, 0.3) is 0 Å². The second kappa shape index (κ2) is 11.4. The molecule has 39 heavy (non-hydrogen) atoms. The lowest BCUT2D eigenvalue weighted by atomic mass is 9.65. The standard InChI is InChI=1S/C29H39Cl2N5O3/c1-4-25(37)23-13-32-28(34-26(23)33-17(2)22-8-7-20(30)10-24(22)31)36-15-19(16-36)18-6-5-9-35(14-18)21-11-29(3,12-21)27(38)39/h7-8,10,13,17-19,21,25,37H,4-6,9,11-12,14-16H2,1-3H3,(H,38,39)(H,32,33,34)/t17-,18+,21?,25?,29?/m1/s1. The van der Waals surface area contributed by atoms with Crippen molar-refractivity contribution in [2.24, 2.45) is 17.3 Å². The summed E-state index contributed by atoms with van der Waals surface area (Å²) < 4.78 is 0. The molecule has 212 valence electrons. The van der Waals surface area contributed by atoms with Crippen molar-refractivity contribution in [3.63, 3.8) is 0 Å². The number of benzene rings is 1. The van der Waals surface area contributed by atoms with Crippen LogP contribution in [0.15, 0.2) is 24.4 Å². The number of anilines is 2. The Labute approximate surface area is 240 Å². The van der Waals surface area contributed by atoms with Gasteiger partial charge in [-0.05, 0) is 82.0 Å². The monoisotopic (exact) mass is 575 g/mol. The maximum Gasteiger partial charge on any atom is 0.309 e. The SMILES string of the molecule is CCC(O)c1cnc(N2CC([C@H]3CCCN(C4CC(C)(C(=O)O)C4)C3)C2)nc1N[C@H](C)c1ccc(Cl)cc1Cl. The van der Waals surface area contributed by atoms with Crippen LogP contribution in [0.1, 0.15) is 76.1 Å². The number of hydrogen-bond donors (Lipinski definition) is 3. The number of nitrogens with one attached hydrogen (secondary N) is 1. The third-order valence-electron chi connectivity index (χ3n) is 9.09. The van der Waals surface area contributed by atoms with Crippen LogP contribution in [0.25, 0.3) is 0 Å². The number of aliphatic hydroxyl groups excluding tert-OH is 1. The van der Waals surface area contributed by atoms with E-state index in [2.05, 4.69) is 20.1 Å². The molecular formula is C29H39Cl2N5O3. The van der Waals surface area contributed by atoms with Crippen LogP contribution in [0.2, 0.25) is 10.0 Å². The molecule has 3 aliphatic rings. The van der Waals surface area contributed by atoms with Crippen molar-refractivity contribution in [2.45, 2.75) is 71.1 Å². The molecule has 3 heterocycles. The minimum absolute atomic E-state index is 0.146. The van der Waals surface area contributed by atoms with Gasteiger partial charge in [0.05, 0.1) is 17.6 Å². The van der Waals surface area contributed by atoms with Crippen LogP contribution in [0.5, 0.6) is 0 Å². The summed E-state index contributed by atoms with van der Waals surface area (Å²) in [5.41, 5.74) is 1.02. The van der Waals surface area contributed by atoms with Crippen molar-refractivity contribution in [3.8, 4) is 0 Å². The van der Waals surface area contributed by atoms with Gasteiger partial charge in [0.15, 0.2) is 0 Å². The Bertz CT molecular complexity index is 1200. The zero-order chi connectivity index (χ0) is 27.9. The molecule has 0 radical (unpaired) electrons. The van der Waals surface area contributed by atoms with Gasteiger partial charge in [-0.15, -0.1) is 0 Å². The van der Waals surface area contributed by atoms with Gasteiger partial charge in [-0.2, -0.15) is 4.98 Å². The molecule has 3 N–H and O–H groups in total. The number of rotatable bonds is 9. The zero-order valence-corrected chi connectivity index (χ0v) is 24.4. The van der Waals surface area contributed by atoms with E-state index in [-0.39, 0.29) is 6.04 Å². The highest BCUT2D eigenvalue weighted by atomic mass is 35.5. The van der Waals surface area contributed by atoms with Crippen molar-refractivity contribution < 1.29 is 15.0 Å². The summed E-state index contributed by atoms with van der Waals surface area (Å²) in [6.07, 6.45) is 5.52. The number of likely N-dealkylation sites (tertiary alicyclic amines) is 1. The minimum atomic E-state index is -0.668. The van der Waals surface area contributed by atoms with Gasteiger partial charge in [0, 0.05) is 47.5 Å². The van der Waals surface area contributed by atoms with Crippen molar-refractivity contribution in [1.29, 1.82) is 0 Å². The zero-order valence-electron chi connectivity index (χ0n) is 22.9. The Morgan fingerprint density at radius 1 is 1.21 bits per heavy atom. The number of carboxylic acid groups (broad SMARTS) is 1. The molecule has 10 heteroatoms. The van der Waals surface area contributed by atoms with Gasteiger partial charge in [0.1, 0.15) is 5.82 Å². The third kappa shape index (κ3) is 5.85. The fourth-order valence-electron chi connectivity index (χ4n) is 6.39. The molecular weight excluding hydrogens is 537 g/mol. The molecule has 0 bridgehead atoms. The fraction of sp³-hybridized carbons (Fsp3) is 0.621. The minimum Gasteiger partial charge on any atom is -0.481 e. The smallest absolute Gasteiger partial charge is 0.309 e. The number of aliphatic carboxylic acids is 1. The van der Waals surface area contributed by atoms with E-state index in [1.807, 2.05) is 32.9 Å². The number of aromatic nitrogens is 2. The third-order valence-corrected chi connectivity index (χ3v) is 9.65. The Morgan fingerprint density at radius 3 is 2.62 bits per heavy atom. The fourth-order valence-corrected chi connectivity index (χ4v) is 6.97. The number of piperidine rings is 1. The molecule has 1 aromatic heterocycles. The van der Waals surface area contributed by atoms with E-state index in [1.165, 1.54) is 12.8 Å². The van der Waals surface area contributed by atoms with E-state index in [0.29, 0.717) is 51.7 Å². The van der Waals surface area contributed by atoms with Crippen LogP contribution >= 0.6 is 23.2 Å². The molecule has 3 atom stereocenters. The van der Waals surface area contributed by atoms with Crippen LogP contribution in [0.3, 0.4) is 0 Å². The van der Waals surface area contributed by atoms with Crippen molar-refractivity contribution in [2.75, 3.05) is 36.4 Å². The molecule has 3 fully saturated rings. The summed E-state index contributed by atoms with van der Waals surface area (Å²) in [4.78, 5) is 25.8. The van der Waals surface area contributed by atoms with Crippen LogP contribution in [-0.4, -0.2) is 63.3 Å².